The fourth-order valence-corrected chi connectivity index (χ4v) is 1.44. The Morgan fingerprint density at radius 3 is 2.62 bits per heavy atom. The van der Waals surface area contributed by atoms with Gasteiger partial charge in [0.05, 0.1) is 12.3 Å². The van der Waals surface area contributed by atoms with E-state index < -0.39 is 11.6 Å². The third-order valence-electron chi connectivity index (χ3n) is 2.27. The van der Waals surface area contributed by atoms with Gasteiger partial charge in [-0.1, -0.05) is 0 Å². The summed E-state index contributed by atoms with van der Waals surface area (Å²) in [7, 11) is 0. The van der Waals surface area contributed by atoms with Crippen molar-refractivity contribution in [3.8, 4) is 0 Å². The third-order valence-corrected chi connectivity index (χ3v) is 2.27. The minimum absolute atomic E-state index is 0.0974. The Kier molecular flexibility index (Phi) is 2.90. The number of nitrogens with one attached hydrogen (secondary N) is 1. The summed E-state index contributed by atoms with van der Waals surface area (Å²) in [6.45, 7) is 1.88. The predicted octanol–water partition coefficient (Wildman–Crippen LogP) is 3.73. The maximum Gasteiger partial charge on any atom is 0.160 e. The first-order valence-electron chi connectivity index (χ1n) is 4.92. The van der Waals surface area contributed by atoms with E-state index >= 15 is 0 Å². The summed E-state index contributed by atoms with van der Waals surface area (Å²) < 4.78 is 30.8. The van der Waals surface area contributed by atoms with E-state index in [0.29, 0.717) is 5.69 Å². The number of halogens is 2. The van der Waals surface area contributed by atoms with Crippen LogP contribution in [0.2, 0.25) is 0 Å². The predicted molar refractivity (Wildman–Crippen MR) is 57.1 cm³/mol. The van der Waals surface area contributed by atoms with Crippen molar-refractivity contribution in [3.05, 3.63) is 54.0 Å². The number of anilines is 1. The van der Waals surface area contributed by atoms with E-state index in [4.69, 9.17) is 4.42 Å². The molecule has 2 nitrogen and oxygen atoms in total. The Labute approximate surface area is 91.9 Å². The molecule has 1 atom stereocenters. The fourth-order valence-electron chi connectivity index (χ4n) is 1.44. The summed E-state index contributed by atoms with van der Waals surface area (Å²) in [5.74, 6) is -0.974. The monoisotopic (exact) mass is 223 g/mol. The van der Waals surface area contributed by atoms with E-state index in [1.165, 1.54) is 6.07 Å². The Hall–Kier alpha value is -1.84. The highest BCUT2D eigenvalue weighted by atomic mass is 19.2. The summed E-state index contributed by atoms with van der Waals surface area (Å²) in [6, 6.07) is 7.19. The minimum Gasteiger partial charge on any atom is -0.467 e. The Bertz CT molecular complexity index is 468. The number of benzene rings is 1. The van der Waals surface area contributed by atoms with Gasteiger partial charge in [0.2, 0.25) is 0 Å². The lowest BCUT2D eigenvalue weighted by atomic mass is 10.2. The van der Waals surface area contributed by atoms with Gasteiger partial charge in [0.1, 0.15) is 5.76 Å². The second kappa shape index (κ2) is 4.35. The van der Waals surface area contributed by atoms with Crippen LogP contribution in [0.25, 0.3) is 0 Å². The second-order valence-electron chi connectivity index (χ2n) is 3.51. The maximum atomic E-state index is 12.9. The first-order chi connectivity index (χ1) is 7.66. The molecule has 16 heavy (non-hydrogen) atoms. The van der Waals surface area contributed by atoms with Crippen molar-refractivity contribution in [3.63, 3.8) is 0 Å². The largest absolute Gasteiger partial charge is 0.467 e. The molecule has 0 aliphatic rings. The molecule has 0 spiro atoms. The van der Waals surface area contributed by atoms with E-state index in [-0.39, 0.29) is 6.04 Å². The number of rotatable bonds is 3. The standard InChI is InChI=1S/C12H11F2NO/c1-8(12-3-2-6-16-12)15-9-4-5-10(13)11(14)7-9/h2-8,15H,1H3. The number of furan rings is 1. The van der Waals surface area contributed by atoms with E-state index in [1.54, 1.807) is 12.3 Å². The van der Waals surface area contributed by atoms with Crippen LogP contribution < -0.4 is 5.32 Å². The van der Waals surface area contributed by atoms with Crippen LogP contribution in [0.4, 0.5) is 14.5 Å². The lowest BCUT2D eigenvalue weighted by Gasteiger charge is -2.12. The van der Waals surface area contributed by atoms with Crippen molar-refractivity contribution in [1.82, 2.24) is 0 Å². The molecule has 0 radical (unpaired) electrons. The van der Waals surface area contributed by atoms with Crippen LogP contribution in [0.1, 0.15) is 18.7 Å². The van der Waals surface area contributed by atoms with Gasteiger partial charge in [-0.25, -0.2) is 8.78 Å². The summed E-state index contributed by atoms with van der Waals surface area (Å²) in [5, 5.41) is 3.01. The highest BCUT2D eigenvalue weighted by Gasteiger charge is 2.09. The molecule has 1 aromatic heterocycles. The average Bonchev–Trinajstić information content (AvgIpc) is 2.77. The normalized spacial score (nSPS) is 12.4. The Morgan fingerprint density at radius 1 is 1.19 bits per heavy atom. The highest BCUT2D eigenvalue weighted by molar-refractivity contribution is 5.45. The zero-order valence-corrected chi connectivity index (χ0v) is 8.71. The van der Waals surface area contributed by atoms with E-state index in [0.717, 1.165) is 17.9 Å². The second-order valence-corrected chi connectivity index (χ2v) is 3.51. The van der Waals surface area contributed by atoms with Gasteiger partial charge in [-0.15, -0.1) is 0 Å². The van der Waals surface area contributed by atoms with E-state index in [2.05, 4.69) is 5.32 Å². The van der Waals surface area contributed by atoms with Gasteiger partial charge in [0, 0.05) is 11.8 Å². The van der Waals surface area contributed by atoms with Crippen molar-refractivity contribution >= 4 is 5.69 Å². The van der Waals surface area contributed by atoms with Crippen LogP contribution in [-0.2, 0) is 0 Å². The molecule has 0 aliphatic carbocycles. The number of hydrogen-bond donors (Lipinski definition) is 1. The van der Waals surface area contributed by atoms with Crippen LogP contribution in [0.15, 0.2) is 41.0 Å². The molecule has 4 heteroatoms. The average molecular weight is 223 g/mol. The van der Waals surface area contributed by atoms with Crippen molar-refractivity contribution in [1.29, 1.82) is 0 Å². The molecular weight excluding hydrogens is 212 g/mol. The van der Waals surface area contributed by atoms with Crippen LogP contribution >= 0.6 is 0 Å². The summed E-state index contributed by atoms with van der Waals surface area (Å²) in [6.07, 6.45) is 1.57. The van der Waals surface area contributed by atoms with Crippen molar-refractivity contribution in [2.45, 2.75) is 13.0 Å². The molecule has 0 saturated carbocycles. The van der Waals surface area contributed by atoms with Gasteiger partial charge in [0.25, 0.3) is 0 Å². The molecule has 0 fully saturated rings. The minimum atomic E-state index is -0.864. The van der Waals surface area contributed by atoms with Gasteiger partial charge in [-0.2, -0.15) is 0 Å². The third kappa shape index (κ3) is 2.21. The smallest absolute Gasteiger partial charge is 0.160 e. The van der Waals surface area contributed by atoms with Gasteiger partial charge in [0.15, 0.2) is 11.6 Å². The number of hydrogen-bond acceptors (Lipinski definition) is 2. The molecule has 0 amide bonds. The van der Waals surface area contributed by atoms with Crippen LogP contribution in [0.3, 0.4) is 0 Å². The highest BCUT2D eigenvalue weighted by Crippen LogP contribution is 2.20. The Morgan fingerprint density at radius 2 is 2.00 bits per heavy atom. The molecule has 0 aliphatic heterocycles. The molecule has 2 rings (SSSR count). The Balaban J connectivity index is 2.12. The van der Waals surface area contributed by atoms with Crippen LogP contribution in [0, 0.1) is 11.6 Å². The van der Waals surface area contributed by atoms with Crippen molar-refractivity contribution in [2.75, 3.05) is 5.32 Å². The molecule has 84 valence electrons. The molecule has 1 N–H and O–H groups in total. The molecule has 0 saturated heterocycles. The maximum absolute atomic E-state index is 12.9. The first-order valence-corrected chi connectivity index (χ1v) is 4.92. The van der Waals surface area contributed by atoms with Crippen molar-refractivity contribution in [2.24, 2.45) is 0 Å². The van der Waals surface area contributed by atoms with Gasteiger partial charge in [-0.05, 0) is 31.2 Å². The van der Waals surface area contributed by atoms with E-state index in [1.807, 2.05) is 13.0 Å². The summed E-state index contributed by atoms with van der Waals surface area (Å²) in [5.41, 5.74) is 0.516. The van der Waals surface area contributed by atoms with Gasteiger partial charge in [-0.3, -0.25) is 0 Å². The zero-order chi connectivity index (χ0) is 11.5. The molecule has 1 aromatic carbocycles. The lowest BCUT2D eigenvalue weighted by molar-refractivity contribution is 0.489. The van der Waals surface area contributed by atoms with E-state index in [9.17, 15) is 8.78 Å². The van der Waals surface area contributed by atoms with Gasteiger partial charge >= 0.3 is 0 Å². The quantitative estimate of drug-likeness (QED) is 0.857. The molecule has 2 aromatic rings. The molecular formula is C12H11F2NO. The SMILES string of the molecule is CC(Nc1ccc(F)c(F)c1)c1ccco1. The van der Waals surface area contributed by atoms with Crippen LogP contribution in [0.5, 0.6) is 0 Å². The molecule has 1 unspecified atom stereocenters. The topological polar surface area (TPSA) is 25.2 Å². The molecule has 0 bridgehead atoms. The zero-order valence-electron chi connectivity index (χ0n) is 8.71. The summed E-state index contributed by atoms with van der Waals surface area (Å²) in [4.78, 5) is 0. The molecule has 1 heterocycles. The summed E-state index contributed by atoms with van der Waals surface area (Å²) >= 11 is 0. The fraction of sp³-hybridized carbons (Fsp3) is 0.167. The van der Waals surface area contributed by atoms with Crippen molar-refractivity contribution < 1.29 is 13.2 Å². The first kappa shape index (κ1) is 10.7. The lowest BCUT2D eigenvalue weighted by Crippen LogP contribution is -2.05. The van der Waals surface area contributed by atoms with Gasteiger partial charge < -0.3 is 9.73 Å². The van der Waals surface area contributed by atoms with Crippen LogP contribution in [-0.4, -0.2) is 0 Å².